The molecule has 5 aromatic carbocycles. The Bertz CT molecular complexity index is 4070. The number of aliphatic hydroxyl groups excluding tert-OH is 6. The first kappa shape index (κ1) is 74.5. The van der Waals surface area contributed by atoms with Crippen LogP contribution in [0.5, 0.6) is 46.0 Å². The lowest BCUT2D eigenvalue weighted by atomic mass is 9.86. The lowest BCUT2D eigenvalue weighted by Gasteiger charge is -2.47. The van der Waals surface area contributed by atoms with Crippen molar-refractivity contribution in [3.05, 3.63) is 117 Å². The number of ether oxygens (including phenoxy) is 6. The van der Waals surface area contributed by atoms with E-state index in [2.05, 4.69) is 37.2 Å². The highest BCUT2D eigenvalue weighted by atomic mass is 35.5. The van der Waals surface area contributed by atoms with Gasteiger partial charge in [-0.1, -0.05) is 55.2 Å². The van der Waals surface area contributed by atoms with Crippen LogP contribution in [0.1, 0.15) is 105 Å². The van der Waals surface area contributed by atoms with Gasteiger partial charge in [-0.05, 0) is 110 Å². The van der Waals surface area contributed by atoms with E-state index >= 15 is 14.4 Å². The van der Waals surface area contributed by atoms with E-state index in [0.29, 0.717) is 0 Å². The summed E-state index contributed by atoms with van der Waals surface area (Å²) in [5, 5.41) is 131. The minimum Gasteiger partial charge on any atom is -0.508 e. The second kappa shape index (κ2) is 30.2. The lowest BCUT2D eigenvalue weighted by molar-refractivity contribution is -0.333. The molecule has 7 aliphatic rings. The Morgan fingerprint density at radius 3 is 1.90 bits per heavy atom. The number of halogens is 2. The third-order valence-corrected chi connectivity index (χ3v) is 18.4. The first-order chi connectivity index (χ1) is 47.7. The SMILES string of the molecule is CN[C@H](CC(C)C)C(=O)N[C@H]1C(=O)N[C@@H](CC(N)=O)C(=O)N[C@H]2C(=O)N[C@H]3C(=O)N[C@H](C(=O)N[C@@H](C(=O)O)c4cc(O)cc(O)c4-c4cc3ccc4O)[C@H](O)c3ccc(c(Cl)c3)Oc3cc2cc(c3O[C@@H]2O[C@H](CO)[C@@H](O)[C@H](O)[C@H]2O[C@@H]2C[C@](C)(N)[C@@H](O)[C@H](C)O2)Oc2ccc(cc2Cl)[C@H]1O. The Labute approximate surface area is 584 Å². The van der Waals surface area contributed by atoms with Crippen molar-refractivity contribution in [1.82, 2.24) is 37.2 Å². The predicted octanol–water partition coefficient (Wildman–Crippen LogP) is 0.106. The van der Waals surface area contributed by atoms with Crippen molar-refractivity contribution >= 4 is 70.5 Å². The second-order valence-electron chi connectivity index (χ2n) is 25.7. The molecule has 0 aromatic heterocycles. The molecule has 0 radical (unpaired) electrons. The second-order valence-corrected chi connectivity index (χ2v) is 26.5. The van der Waals surface area contributed by atoms with Crippen molar-refractivity contribution in [3.8, 4) is 57.1 Å². The van der Waals surface area contributed by atoms with Crippen LogP contribution in [0.3, 0.4) is 0 Å². The normalized spacial score (nSPS) is 29.4. The van der Waals surface area contributed by atoms with Crippen molar-refractivity contribution < 1.29 is 118 Å². The Morgan fingerprint density at radius 1 is 0.713 bits per heavy atom. The molecule has 35 heteroatoms. The van der Waals surface area contributed by atoms with E-state index in [1.54, 1.807) is 0 Å². The fourth-order valence-corrected chi connectivity index (χ4v) is 12.9. The zero-order valence-corrected chi connectivity index (χ0v) is 55.8. The number of likely N-dealkylation sites (N-methyl/N-ethyl adjacent to an activating group) is 1. The molecule has 542 valence electrons. The maximum atomic E-state index is 16.0. The molecule has 0 saturated carbocycles. The summed E-state index contributed by atoms with van der Waals surface area (Å²) in [5.74, 6) is -16.0. The first-order valence-electron chi connectivity index (χ1n) is 31.6. The predicted molar refractivity (Wildman–Crippen MR) is 349 cm³/mol. The number of benzene rings is 5. The lowest BCUT2D eigenvalue weighted by Crippen LogP contribution is -2.64. The third kappa shape index (κ3) is 15.8. The van der Waals surface area contributed by atoms with E-state index in [-0.39, 0.29) is 46.2 Å². The van der Waals surface area contributed by atoms with Crippen molar-refractivity contribution in [3.63, 3.8) is 0 Å². The zero-order valence-electron chi connectivity index (χ0n) is 54.3. The van der Waals surface area contributed by atoms with Crippen molar-refractivity contribution in [2.75, 3.05) is 13.7 Å². The van der Waals surface area contributed by atoms with Gasteiger partial charge in [-0.15, -0.1) is 0 Å². The number of nitrogens with two attached hydrogens (primary N) is 2. The van der Waals surface area contributed by atoms with Crippen LogP contribution in [-0.4, -0.2) is 191 Å². The standard InChI is InChI=1S/C66H75Cl2N9O24/c1-23(2)12-34(71-5)58(88)76-49-51(83)26-7-10-38(32(67)14-26)97-40-16-28-17-41(55(40)101-65-56(54(86)53(85)42(22-78)99-65)100-44-21-66(4,70)57(87)24(3)96-44)98-39-11-8-27(15-33(39)68)52(84)50-63(93)75-48(64(94)95)31-18-29(79)19-37(81)45(31)30-13-25(6-9-36(30)80)46(60(90)77-50)74-61(91)47(28)73-59(89)35(20-43(69)82)72-62(49)92/h6-11,13-19,23-24,34-35,42,44,46-54,56-57,65,71,78-81,83-87H,12,20-22,70H2,1-5H3,(H2,69,82)(H,72,92)(H,73,89)(H,74,91)(H,75,93)(H,76,88)(H,77,90)(H,94,95)/t24-,34+,35-,42+,44+,46+,47+,48+,49+,50-,51+,52+,53+,54-,56+,57-,65-,66-/m0/s1. The van der Waals surface area contributed by atoms with E-state index in [1.807, 2.05) is 13.8 Å². The Morgan fingerprint density at radius 2 is 1.32 bits per heavy atom. The van der Waals surface area contributed by atoms with Gasteiger partial charge in [0, 0.05) is 34.7 Å². The van der Waals surface area contributed by atoms with Gasteiger partial charge in [-0.25, -0.2) is 4.79 Å². The molecule has 0 aliphatic carbocycles. The molecule has 0 unspecified atom stereocenters. The number of hydrogen-bond acceptors (Lipinski definition) is 25. The molecule has 12 rings (SSSR count). The van der Waals surface area contributed by atoms with E-state index in [4.69, 9.17) is 63.1 Å². The maximum Gasteiger partial charge on any atom is 0.330 e. The molecule has 101 heavy (non-hydrogen) atoms. The van der Waals surface area contributed by atoms with Crippen LogP contribution in [0.4, 0.5) is 0 Å². The van der Waals surface area contributed by atoms with Crippen LogP contribution in [-0.2, 0) is 52.6 Å². The number of carbonyl (C=O) groups excluding carboxylic acids is 7. The number of primary amides is 1. The van der Waals surface area contributed by atoms with Crippen molar-refractivity contribution in [1.29, 1.82) is 0 Å². The Kier molecular flexibility index (Phi) is 22.2. The van der Waals surface area contributed by atoms with Crippen LogP contribution < -0.4 is 62.9 Å². The molecule has 7 aliphatic heterocycles. The molecule has 18 atom stereocenters. The Balaban J connectivity index is 1.24. The number of carboxylic acids is 1. The van der Waals surface area contributed by atoms with Crippen LogP contribution >= 0.6 is 23.2 Å². The van der Waals surface area contributed by atoms with E-state index in [9.17, 15) is 75.0 Å². The molecule has 2 fully saturated rings. The minimum absolute atomic E-state index is 0.0975. The quantitative estimate of drug-likeness (QED) is 0.0743. The van der Waals surface area contributed by atoms with Gasteiger partial charge >= 0.3 is 5.97 Å². The van der Waals surface area contributed by atoms with Crippen LogP contribution in [0, 0.1) is 5.92 Å². The van der Waals surface area contributed by atoms with Crippen molar-refractivity contribution in [2.24, 2.45) is 17.4 Å². The molecular weight excluding hydrogens is 1370 g/mol. The number of phenolic OH excluding ortho intramolecular Hbond substituents is 3. The number of hydrogen-bond donors (Lipinski definition) is 19. The number of fused-ring (bicyclic) bond motifs is 15. The third-order valence-electron chi connectivity index (χ3n) is 17.8. The van der Waals surface area contributed by atoms with Crippen LogP contribution in [0.2, 0.25) is 10.0 Å². The van der Waals surface area contributed by atoms with Gasteiger partial charge in [0.05, 0.1) is 41.3 Å². The van der Waals surface area contributed by atoms with E-state index in [0.717, 1.165) is 66.7 Å². The summed E-state index contributed by atoms with van der Waals surface area (Å²) >= 11 is 14.1. The minimum atomic E-state index is -2.35. The number of phenols is 3. The highest BCUT2D eigenvalue weighted by Crippen LogP contribution is 2.50. The van der Waals surface area contributed by atoms with E-state index in [1.165, 1.54) is 33.0 Å². The average Bonchev–Trinajstić information content (AvgIpc) is 0.775. The molecular formula is C66H75Cl2N9O24. The van der Waals surface area contributed by atoms with Gasteiger partial charge in [-0.2, -0.15) is 0 Å². The molecule has 5 aromatic rings. The monoisotopic (exact) mass is 1450 g/mol. The number of aliphatic carboxylic acids is 1. The highest BCUT2D eigenvalue weighted by molar-refractivity contribution is 6.32. The fraction of sp³-hybridized carbons (Fsp3) is 0.424. The summed E-state index contributed by atoms with van der Waals surface area (Å²) in [6.45, 7) is 5.66. The van der Waals surface area contributed by atoms with Gasteiger partial charge in [0.1, 0.15) is 89.5 Å². The first-order valence-corrected chi connectivity index (χ1v) is 32.4. The number of aromatic hydroxyl groups is 3. The summed E-state index contributed by atoms with van der Waals surface area (Å²) in [4.78, 5) is 117. The van der Waals surface area contributed by atoms with Crippen LogP contribution in [0.25, 0.3) is 11.1 Å². The number of aliphatic hydroxyl groups is 6. The Hall–Kier alpha value is -9.20. The smallest absolute Gasteiger partial charge is 0.330 e. The van der Waals surface area contributed by atoms with Gasteiger partial charge < -0.3 is 128 Å². The maximum absolute atomic E-state index is 16.0. The van der Waals surface area contributed by atoms with Gasteiger partial charge in [-0.3, -0.25) is 33.6 Å². The van der Waals surface area contributed by atoms with Gasteiger partial charge in [0.2, 0.25) is 53.4 Å². The number of nitrogens with one attached hydrogen (secondary N) is 7. The summed E-state index contributed by atoms with van der Waals surface area (Å²) in [6, 6.07) is -0.679. The summed E-state index contributed by atoms with van der Waals surface area (Å²) in [7, 11) is 1.47. The molecule has 11 bridgehead atoms. The summed E-state index contributed by atoms with van der Waals surface area (Å²) < 4.78 is 38.3. The highest BCUT2D eigenvalue weighted by Gasteiger charge is 2.51. The molecule has 21 N–H and O–H groups in total. The molecule has 0 spiro atoms. The van der Waals surface area contributed by atoms with Gasteiger partial charge in [0.25, 0.3) is 0 Å². The number of carboxylic acid groups (broad SMARTS) is 1. The molecule has 2 saturated heterocycles. The zero-order chi connectivity index (χ0) is 73.5. The van der Waals surface area contributed by atoms with Gasteiger partial charge in [0.15, 0.2) is 29.9 Å². The van der Waals surface area contributed by atoms with Crippen LogP contribution in [0.15, 0.2) is 78.9 Å². The largest absolute Gasteiger partial charge is 0.508 e. The average molecular weight is 1450 g/mol. The van der Waals surface area contributed by atoms with Crippen molar-refractivity contribution in [2.45, 2.75) is 156 Å². The number of rotatable bonds is 13. The molecule has 7 amide bonds. The summed E-state index contributed by atoms with van der Waals surface area (Å²) in [6.07, 6.45) is -18.6. The number of carbonyl (C=O) groups is 8. The summed E-state index contributed by atoms with van der Waals surface area (Å²) in [5.41, 5.74) is 8.00. The number of amides is 7. The fourth-order valence-electron chi connectivity index (χ4n) is 12.5. The molecule has 7 heterocycles. The molecule has 33 nitrogen and oxygen atoms in total. The topological polar surface area (TPSA) is 530 Å². The van der Waals surface area contributed by atoms with E-state index < -0.39 is 237 Å².